The zero-order chi connectivity index (χ0) is 8.27. The Hall–Kier alpha value is -0.590. The van der Waals surface area contributed by atoms with E-state index in [1.165, 1.54) is 0 Å². The van der Waals surface area contributed by atoms with Gasteiger partial charge in [0.1, 0.15) is 0 Å². The maximum atomic E-state index is 8.93. The van der Waals surface area contributed by atoms with Gasteiger partial charge in [-0.1, -0.05) is 0 Å². The molecule has 1 aliphatic heterocycles. The highest BCUT2D eigenvalue weighted by atomic mass is 16.3. The molecule has 2 unspecified atom stereocenters. The normalized spacial score (nSPS) is 32.1. The Balaban J connectivity index is 2.50. The highest BCUT2D eigenvalue weighted by Crippen LogP contribution is 2.22. The van der Waals surface area contributed by atoms with Gasteiger partial charge in [-0.25, -0.2) is 0 Å². The standard InChI is InChI=1S/C8H14N2O/c1-7-2-3-8(6-11)10(7)5-4-9/h7-8,11H,2-3,5-6H2,1H3. The smallest absolute Gasteiger partial charge is 0.0871 e. The Kier molecular flexibility index (Phi) is 2.86. The van der Waals surface area contributed by atoms with Crippen molar-refractivity contribution in [1.29, 1.82) is 5.26 Å². The summed E-state index contributed by atoms with van der Waals surface area (Å²) in [5, 5.41) is 17.4. The van der Waals surface area contributed by atoms with Gasteiger partial charge < -0.3 is 5.11 Å². The van der Waals surface area contributed by atoms with Crippen molar-refractivity contribution in [2.75, 3.05) is 13.2 Å². The Morgan fingerprint density at radius 3 is 2.91 bits per heavy atom. The lowest BCUT2D eigenvalue weighted by atomic mass is 10.2. The van der Waals surface area contributed by atoms with Gasteiger partial charge in [0.15, 0.2) is 0 Å². The van der Waals surface area contributed by atoms with Crippen molar-refractivity contribution in [3.8, 4) is 6.07 Å². The second kappa shape index (κ2) is 3.70. The summed E-state index contributed by atoms with van der Waals surface area (Å²) in [6.45, 7) is 2.74. The molecule has 0 radical (unpaired) electrons. The molecule has 3 heteroatoms. The lowest BCUT2D eigenvalue weighted by Crippen LogP contribution is -2.36. The molecule has 0 aromatic heterocycles. The van der Waals surface area contributed by atoms with E-state index in [9.17, 15) is 0 Å². The summed E-state index contributed by atoms with van der Waals surface area (Å²) in [5.41, 5.74) is 0. The summed E-state index contributed by atoms with van der Waals surface area (Å²) in [6, 6.07) is 2.81. The second-order valence-electron chi connectivity index (χ2n) is 3.09. The van der Waals surface area contributed by atoms with E-state index in [4.69, 9.17) is 10.4 Å². The number of nitrogens with zero attached hydrogens (tertiary/aromatic N) is 2. The second-order valence-corrected chi connectivity index (χ2v) is 3.09. The van der Waals surface area contributed by atoms with Gasteiger partial charge in [-0.2, -0.15) is 5.26 Å². The molecule has 0 aliphatic carbocycles. The first-order valence-electron chi connectivity index (χ1n) is 4.03. The zero-order valence-electron chi connectivity index (χ0n) is 6.82. The largest absolute Gasteiger partial charge is 0.395 e. The van der Waals surface area contributed by atoms with Crippen LogP contribution in [0.5, 0.6) is 0 Å². The van der Waals surface area contributed by atoms with Crippen LogP contribution in [-0.2, 0) is 0 Å². The van der Waals surface area contributed by atoms with Crippen molar-refractivity contribution in [3.63, 3.8) is 0 Å². The predicted octanol–water partition coefficient (Wildman–Crippen LogP) is 0.355. The summed E-state index contributed by atoms with van der Waals surface area (Å²) in [6.07, 6.45) is 2.13. The van der Waals surface area contributed by atoms with Crippen LogP contribution in [0, 0.1) is 11.3 Å². The average molecular weight is 154 g/mol. The molecule has 3 nitrogen and oxygen atoms in total. The van der Waals surface area contributed by atoms with E-state index in [1.807, 2.05) is 0 Å². The molecule has 1 heterocycles. The van der Waals surface area contributed by atoms with Crippen LogP contribution in [0.25, 0.3) is 0 Å². The SMILES string of the molecule is CC1CCC(CO)N1CC#N. The fourth-order valence-electron chi connectivity index (χ4n) is 1.69. The van der Waals surface area contributed by atoms with Crippen LogP contribution in [0.2, 0.25) is 0 Å². The molecule has 0 amide bonds. The van der Waals surface area contributed by atoms with E-state index in [0.29, 0.717) is 12.6 Å². The van der Waals surface area contributed by atoms with Gasteiger partial charge in [0.05, 0.1) is 19.2 Å². The number of rotatable bonds is 2. The molecule has 2 atom stereocenters. The molecule has 11 heavy (non-hydrogen) atoms. The van der Waals surface area contributed by atoms with Crippen molar-refractivity contribution < 1.29 is 5.11 Å². The molecule has 62 valence electrons. The van der Waals surface area contributed by atoms with Crippen LogP contribution in [0.1, 0.15) is 19.8 Å². The minimum Gasteiger partial charge on any atom is -0.395 e. The first-order chi connectivity index (χ1) is 5.29. The van der Waals surface area contributed by atoms with Crippen molar-refractivity contribution >= 4 is 0 Å². The van der Waals surface area contributed by atoms with Crippen LogP contribution in [0.3, 0.4) is 0 Å². The van der Waals surface area contributed by atoms with Gasteiger partial charge in [-0.15, -0.1) is 0 Å². The van der Waals surface area contributed by atoms with Crippen LogP contribution in [0.4, 0.5) is 0 Å². The molecule has 1 aliphatic rings. The van der Waals surface area contributed by atoms with E-state index >= 15 is 0 Å². The highest BCUT2D eigenvalue weighted by molar-refractivity contribution is 4.90. The number of likely N-dealkylation sites (tertiary alicyclic amines) is 1. The fourth-order valence-corrected chi connectivity index (χ4v) is 1.69. The van der Waals surface area contributed by atoms with Crippen molar-refractivity contribution in [2.24, 2.45) is 0 Å². The summed E-state index contributed by atoms with van der Waals surface area (Å²) >= 11 is 0. The zero-order valence-corrected chi connectivity index (χ0v) is 6.82. The number of aliphatic hydroxyl groups excluding tert-OH is 1. The summed E-state index contributed by atoms with van der Waals surface area (Å²) < 4.78 is 0. The molecule has 0 saturated carbocycles. The van der Waals surface area contributed by atoms with Crippen LogP contribution in [0.15, 0.2) is 0 Å². The molecule has 0 spiro atoms. The minimum atomic E-state index is 0.187. The molecule has 1 rings (SSSR count). The molecule has 0 aromatic carbocycles. The molecule has 1 fully saturated rings. The van der Waals surface area contributed by atoms with Gasteiger partial charge in [0.2, 0.25) is 0 Å². The predicted molar refractivity (Wildman–Crippen MR) is 41.9 cm³/mol. The van der Waals surface area contributed by atoms with E-state index in [2.05, 4.69) is 17.9 Å². The lowest BCUT2D eigenvalue weighted by Gasteiger charge is -2.23. The number of aliphatic hydroxyl groups is 1. The maximum Gasteiger partial charge on any atom is 0.0871 e. The third kappa shape index (κ3) is 1.70. The van der Waals surface area contributed by atoms with Crippen molar-refractivity contribution in [2.45, 2.75) is 31.8 Å². The Labute approximate surface area is 67.2 Å². The van der Waals surface area contributed by atoms with E-state index in [1.54, 1.807) is 0 Å². The van der Waals surface area contributed by atoms with Gasteiger partial charge in [0.25, 0.3) is 0 Å². The molecular formula is C8H14N2O. The highest BCUT2D eigenvalue weighted by Gasteiger charge is 2.29. The summed E-state index contributed by atoms with van der Waals surface area (Å²) in [7, 11) is 0. The van der Waals surface area contributed by atoms with Gasteiger partial charge in [-0.3, -0.25) is 4.90 Å². The van der Waals surface area contributed by atoms with Crippen LogP contribution in [-0.4, -0.2) is 35.2 Å². The molecule has 0 bridgehead atoms. The first-order valence-corrected chi connectivity index (χ1v) is 4.03. The molecule has 0 aromatic rings. The van der Waals surface area contributed by atoms with Crippen molar-refractivity contribution in [3.05, 3.63) is 0 Å². The fraction of sp³-hybridized carbons (Fsp3) is 0.875. The minimum absolute atomic E-state index is 0.187. The number of nitriles is 1. The summed E-state index contributed by atoms with van der Waals surface area (Å²) in [5.74, 6) is 0. The van der Waals surface area contributed by atoms with Gasteiger partial charge in [-0.05, 0) is 19.8 Å². The quantitative estimate of drug-likeness (QED) is 0.584. The van der Waals surface area contributed by atoms with Crippen LogP contribution < -0.4 is 0 Å². The maximum absolute atomic E-state index is 8.93. The van der Waals surface area contributed by atoms with Gasteiger partial charge >= 0.3 is 0 Å². The topological polar surface area (TPSA) is 47.3 Å². The van der Waals surface area contributed by atoms with E-state index in [0.717, 1.165) is 12.8 Å². The average Bonchev–Trinajstić information content (AvgIpc) is 2.34. The Morgan fingerprint density at radius 2 is 2.36 bits per heavy atom. The molecular weight excluding hydrogens is 140 g/mol. The Bertz CT molecular complexity index is 164. The number of hydrogen-bond donors (Lipinski definition) is 1. The van der Waals surface area contributed by atoms with E-state index < -0.39 is 0 Å². The monoisotopic (exact) mass is 154 g/mol. The van der Waals surface area contributed by atoms with E-state index in [-0.39, 0.29) is 12.6 Å². The van der Waals surface area contributed by atoms with Crippen molar-refractivity contribution in [1.82, 2.24) is 4.90 Å². The van der Waals surface area contributed by atoms with Crippen LogP contribution >= 0.6 is 0 Å². The lowest BCUT2D eigenvalue weighted by molar-refractivity contribution is 0.148. The first kappa shape index (κ1) is 8.51. The Morgan fingerprint density at radius 1 is 1.64 bits per heavy atom. The van der Waals surface area contributed by atoms with Gasteiger partial charge in [0, 0.05) is 12.1 Å². The molecule has 1 N–H and O–H groups in total. The third-order valence-electron chi connectivity index (χ3n) is 2.42. The summed E-state index contributed by atoms with van der Waals surface area (Å²) in [4.78, 5) is 2.07. The number of hydrogen-bond acceptors (Lipinski definition) is 3. The third-order valence-corrected chi connectivity index (χ3v) is 2.42. The molecule has 1 saturated heterocycles.